The van der Waals surface area contributed by atoms with Gasteiger partial charge in [-0.25, -0.2) is 4.90 Å². The molecule has 0 radical (unpaired) electrons. The third-order valence-corrected chi connectivity index (χ3v) is 5.91. The van der Waals surface area contributed by atoms with E-state index < -0.39 is 0 Å². The first-order chi connectivity index (χ1) is 14.5. The Morgan fingerprint density at radius 2 is 1.53 bits per heavy atom. The number of benzene rings is 2. The molecule has 2 heterocycles. The van der Waals surface area contributed by atoms with Gasteiger partial charge < -0.3 is 14.5 Å². The van der Waals surface area contributed by atoms with Crippen molar-refractivity contribution in [3.05, 3.63) is 64.8 Å². The van der Waals surface area contributed by atoms with Crippen LogP contribution in [0.25, 0.3) is 5.57 Å². The first-order valence-corrected chi connectivity index (χ1v) is 10.4. The van der Waals surface area contributed by atoms with Crippen LogP contribution in [0.1, 0.15) is 12.5 Å². The molecule has 2 aromatic carbocycles. The lowest BCUT2D eigenvalue weighted by Crippen LogP contribution is -2.47. The summed E-state index contributed by atoms with van der Waals surface area (Å²) in [5.41, 5.74) is 2.12. The highest BCUT2D eigenvalue weighted by Gasteiger charge is 2.43. The molecule has 6 nitrogen and oxygen atoms in total. The molecule has 2 aromatic rings. The Bertz CT molecular complexity index is 978. The lowest BCUT2D eigenvalue weighted by molar-refractivity contribution is -0.120. The summed E-state index contributed by atoms with van der Waals surface area (Å²) in [5, 5.41) is 0.584. The number of piperazine rings is 1. The van der Waals surface area contributed by atoms with Crippen molar-refractivity contribution in [1.82, 2.24) is 9.80 Å². The van der Waals surface area contributed by atoms with Crippen molar-refractivity contribution < 1.29 is 14.3 Å². The highest BCUT2D eigenvalue weighted by Crippen LogP contribution is 2.36. The number of amides is 2. The third kappa shape index (κ3) is 3.68. The first-order valence-electron chi connectivity index (χ1n) is 10.0. The summed E-state index contributed by atoms with van der Waals surface area (Å²) in [4.78, 5) is 32.6. The Hall–Kier alpha value is -2.83. The molecule has 1 saturated heterocycles. The van der Waals surface area contributed by atoms with E-state index in [0.717, 1.165) is 19.6 Å². The minimum atomic E-state index is -0.319. The predicted octanol–water partition coefficient (Wildman–Crippen LogP) is 3.27. The summed E-state index contributed by atoms with van der Waals surface area (Å²) in [6, 6.07) is 14.0. The molecule has 0 spiro atoms. The van der Waals surface area contributed by atoms with Crippen molar-refractivity contribution in [2.75, 3.05) is 44.7 Å². The van der Waals surface area contributed by atoms with E-state index in [1.54, 1.807) is 55.6 Å². The monoisotopic (exact) mass is 425 g/mol. The number of halogens is 1. The molecule has 30 heavy (non-hydrogen) atoms. The number of imide groups is 1. The normalized spacial score (nSPS) is 17.8. The summed E-state index contributed by atoms with van der Waals surface area (Å²) >= 11 is 6.05. The molecule has 0 aliphatic carbocycles. The predicted molar refractivity (Wildman–Crippen MR) is 118 cm³/mol. The fourth-order valence-corrected chi connectivity index (χ4v) is 4.07. The fourth-order valence-electron chi connectivity index (χ4n) is 3.94. The van der Waals surface area contributed by atoms with Crippen LogP contribution in [0.15, 0.2) is 54.2 Å². The van der Waals surface area contributed by atoms with Gasteiger partial charge in [0.15, 0.2) is 0 Å². The second-order valence-electron chi connectivity index (χ2n) is 7.30. The SMILES string of the molecule is CCN1CCN(C2=C(c3ccc(Cl)cc3)C(=O)N(c3ccc(OC)cc3)C2=O)CC1. The molecule has 2 aliphatic heterocycles. The van der Waals surface area contributed by atoms with Crippen LogP contribution in [0.3, 0.4) is 0 Å². The Balaban J connectivity index is 1.75. The highest BCUT2D eigenvalue weighted by molar-refractivity contribution is 6.45. The molecule has 0 unspecified atom stereocenters. The van der Waals surface area contributed by atoms with Gasteiger partial charge in [0.05, 0.1) is 18.4 Å². The molecule has 0 aromatic heterocycles. The van der Waals surface area contributed by atoms with Gasteiger partial charge in [-0.1, -0.05) is 30.7 Å². The van der Waals surface area contributed by atoms with Crippen molar-refractivity contribution in [1.29, 1.82) is 0 Å². The van der Waals surface area contributed by atoms with E-state index in [9.17, 15) is 9.59 Å². The summed E-state index contributed by atoms with van der Waals surface area (Å²) < 4.78 is 5.20. The van der Waals surface area contributed by atoms with Crippen LogP contribution in [-0.2, 0) is 9.59 Å². The number of anilines is 1. The van der Waals surface area contributed by atoms with E-state index in [1.807, 2.05) is 4.90 Å². The van der Waals surface area contributed by atoms with Crippen LogP contribution in [0, 0.1) is 0 Å². The van der Waals surface area contributed by atoms with Gasteiger partial charge in [0.2, 0.25) is 0 Å². The highest BCUT2D eigenvalue weighted by atomic mass is 35.5. The van der Waals surface area contributed by atoms with Crippen molar-refractivity contribution >= 4 is 34.7 Å². The van der Waals surface area contributed by atoms with Gasteiger partial charge in [0.25, 0.3) is 11.8 Å². The molecule has 156 valence electrons. The summed E-state index contributed by atoms with van der Waals surface area (Å²) in [7, 11) is 1.58. The maximum atomic E-state index is 13.5. The average molecular weight is 426 g/mol. The van der Waals surface area contributed by atoms with Crippen LogP contribution in [-0.4, -0.2) is 61.4 Å². The summed E-state index contributed by atoms with van der Waals surface area (Å²) in [6.07, 6.45) is 0. The number of hydrogen-bond donors (Lipinski definition) is 0. The molecule has 2 amide bonds. The van der Waals surface area contributed by atoms with Gasteiger partial charge in [-0.05, 0) is 48.5 Å². The van der Waals surface area contributed by atoms with Gasteiger partial charge in [0.1, 0.15) is 11.4 Å². The van der Waals surface area contributed by atoms with E-state index in [0.29, 0.717) is 46.4 Å². The van der Waals surface area contributed by atoms with Gasteiger partial charge >= 0.3 is 0 Å². The molecule has 7 heteroatoms. The van der Waals surface area contributed by atoms with Crippen LogP contribution >= 0.6 is 11.6 Å². The van der Waals surface area contributed by atoms with Crippen molar-refractivity contribution in [2.45, 2.75) is 6.92 Å². The topological polar surface area (TPSA) is 53.1 Å². The number of carbonyl (C=O) groups excluding carboxylic acids is 2. The lowest BCUT2D eigenvalue weighted by atomic mass is 10.0. The van der Waals surface area contributed by atoms with Crippen molar-refractivity contribution in [2.24, 2.45) is 0 Å². The minimum absolute atomic E-state index is 0.292. The Labute approximate surface area is 181 Å². The van der Waals surface area contributed by atoms with E-state index >= 15 is 0 Å². The van der Waals surface area contributed by atoms with Gasteiger partial charge in [-0.15, -0.1) is 0 Å². The number of nitrogens with zero attached hydrogens (tertiary/aromatic N) is 3. The molecule has 4 rings (SSSR count). The Kier molecular flexibility index (Phi) is 5.79. The largest absolute Gasteiger partial charge is 0.497 e. The molecular weight excluding hydrogens is 402 g/mol. The zero-order valence-corrected chi connectivity index (χ0v) is 17.9. The second-order valence-corrected chi connectivity index (χ2v) is 7.73. The maximum absolute atomic E-state index is 13.5. The van der Waals surface area contributed by atoms with Crippen molar-refractivity contribution in [3.63, 3.8) is 0 Å². The summed E-state index contributed by atoms with van der Waals surface area (Å²) in [6.45, 7) is 6.23. The van der Waals surface area contributed by atoms with Crippen LogP contribution in [0.5, 0.6) is 5.75 Å². The zero-order valence-electron chi connectivity index (χ0n) is 17.1. The molecule has 0 N–H and O–H groups in total. The Morgan fingerprint density at radius 3 is 2.10 bits per heavy atom. The standard InChI is InChI=1S/C23H24ClN3O3/c1-3-25-12-14-26(15-13-25)21-20(16-4-6-17(24)7-5-16)22(28)27(23(21)29)18-8-10-19(30-2)11-9-18/h4-11H,3,12-15H2,1-2H3. The number of carbonyl (C=O) groups is 2. The first kappa shape index (κ1) is 20.4. The van der Waals surface area contributed by atoms with Gasteiger partial charge in [0, 0.05) is 31.2 Å². The van der Waals surface area contributed by atoms with Gasteiger partial charge in [-0.2, -0.15) is 0 Å². The van der Waals surface area contributed by atoms with E-state index in [4.69, 9.17) is 16.3 Å². The van der Waals surface area contributed by atoms with E-state index in [1.165, 1.54) is 4.90 Å². The molecule has 2 aliphatic rings. The molecule has 1 fully saturated rings. The molecule has 0 saturated carbocycles. The second kappa shape index (κ2) is 8.50. The van der Waals surface area contributed by atoms with E-state index in [-0.39, 0.29) is 11.8 Å². The van der Waals surface area contributed by atoms with Crippen LogP contribution < -0.4 is 9.64 Å². The number of ether oxygens (including phenoxy) is 1. The van der Waals surface area contributed by atoms with E-state index in [2.05, 4.69) is 11.8 Å². The van der Waals surface area contributed by atoms with Crippen molar-refractivity contribution in [3.8, 4) is 5.75 Å². The van der Waals surface area contributed by atoms with Crippen LogP contribution in [0.2, 0.25) is 5.02 Å². The number of rotatable bonds is 5. The maximum Gasteiger partial charge on any atom is 0.282 e. The fraction of sp³-hybridized carbons (Fsp3) is 0.304. The van der Waals surface area contributed by atoms with Gasteiger partial charge in [-0.3, -0.25) is 9.59 Å². The molecular formula is C23H24ClN3O3. The molecule has 0 atom stereocenters. The number of hydrogen-bond acceptors (Lipinski definition) is 5. The summed E-state index contributed by atoms with van der Waals surface area (Å²) in [5.74, 6) is 0.0557. The Morgan fingerprint density at radius 1 is 0.900 bits per heavy atom. The average Bonchev–Trinajstić information content (AvgIpc) is 3.04. The minimum Gasteiger partial charge on any atom is -0.497 e. The zero-order chi connectivity index (χ0) is 21.3. The quantitative estimate of drug-likeness (QED) is 0.688. The number of methoxy groups -OCH3 is 1. The van der Waals surface area contributed by atoms with Crippen LogP contribution in [0.4, 0.5) is 5.69 Å². The number of likely N-dealkylation sites (N-methyl/N-ethyl adjacent to an activating group) is 1. The third-order valence-electron chi connectivity index (χ3n) is 5.66. The smallest absolute Gasteiger partial charge is 0.282 e. The lowest BCUT2D eigenvalue weighted by Gasteiger charge is -2.36. The molecule has 0 bridgehead atoms.